The van der Waals surface area contributed by atoms with Gasteiger partial charge in [0.25, 0.3) is 0 Å². The third-order valence-corrected chi connectivity index (χ3v) is 5.17. The van der Waals surface area contributed by atoms with Crippen molar-refractivity contribution >= 4 is 33.5 Å². The zero-order valence-electron chi connectivity index (χ0n) is 15.8. The lowest BCUT2D eigenvalue weighted by molar-refractivity contribution is 0.340. The molecule has 29 heavy (non-hydrogen) atoms. The number of benzene rings is 3. The van der Waals surface area contributed by atoms with E-state index in [-0.39, 0.29) is 5.71 Å². The van der Waals surface area contributed by atoms with E-state index in [0.29, 0.717) is 11.6 Å². The Hall–Kier alpha value is -3.69. The molecule has 0 aliphatic rings. The number of hydrazone groups is 1. The molecular weight excluding hydrogens is 380 g/mol. The lowest BCUT2D eigenvalue weighted by atomic mass is 10.1. The number of thiazole rings is 1. The average molecular weight is 398 g/mol. The molecule has 6 heteroatoms. The minimum absolute atomic E-state index is 0.246. The van der Waals surface area contributed by atoms with Gasteiger partial charge in [-0.25, -0.2) is 4.98 Å². The van der Waals surface area contributed by atoms with Crippen molar-refractivity contribution in [1.29, 1.82) is 5.26 Å². The first kappa shape index (κ1) is 18.7. The first-order valence-electron chi connectivity index (χ1n) is 9.18. The van der Waals surface area contributed by atoms with Crippen LogP contribution in [0.1, 0.15) is 11.9 Å². The van der Waals surface area contributed by atoms with Crippen molar-refractivity contribution in [2.75, 3.05) is 12.0 Å². The maximum Gasteiger partial charge on any atom is 0.196 e. The Bertz CT molecular complexity index is 1210. The van der Waals surface area contributed by atoms with Crippen molar-refractivity contribution in [2.24, 2.45) is 5.10 Å². The summed E-state index contributed by atoms with van der Waals surface area (Å²) < 4.78 is 5.42. The van der Waals surface area contributed by atoms with E-state index < -0.39 is 0 Å². The Morgan fingerprint density at radius 3 is 2.66 bits per heavy atom. The van der Waals surface area contributed by atoms with E-state index in [2.05, 4.69) is 45.8 Å². The zero-order chi connectivity index (χ0) is 20.1. The summed E-state index contributed by atoms with van der Waals surface area (Å²) in [6.07, 6.45) is 0. The van der Waals surface area contributed by atoms with E-state index in [9.17, 15) is 5.26 Å². The van der Waals surface area contributed by atoms with Crippen LogP contribution in [0.4, 0.5) is 5.69 Å². The minimum atomic E-state index is 0.246. The normalized spacial score (nSPS) is 11.2. The van der Waals surface area contributed by atoms with Crippen molar-refractivity contribution in [3.63, 3.8) is 0 Å². The summed E-state index contributed by atoms with van der Waals surface area (Å²) in [6, 6.07) is 24.0. The SMILES string of the molecule is CCOc1ccc(N/N=C(/C#N)c2nc(-c3ccc4ccccc4c3)cs2)cc1. The molecule has 0 unspecified atom stereocenters. The summed E-state index contributed by atoms with van der Waals surface area (Å²) in [4.78, 5) is 4.61. The predicted octanol–water partition coefficient (Wildman–Crippen LogP) is 5.70. The molecule has 1 N–H and O–H groups in total. The molecule has 1 aromatic heterocycles. The molecule has 0 fully saturated rings. The van der Waals surface area contributed by atoms with Gasteiger partial charge < -0.3 is 4.74 Å². The fourth-order valence-corrected chi connectivity index (χ4v) is 3.66. The molecule has 0 saturated carbocycles. The van der Waals surface area contributed by atoms with Gasteiger partial charge in [-0.1, -0.05) is 36.4 Å². The number of aromatic nitrogens is 1. The van der Waals surface area contributed by atoms with Crippen LogP contribution in [-0.4, -0.2) is 17.3 Å². The number of nitrogens with one attached hydrogen (secondary N) is 1. The molecule has 4 rings (SSSR count). The Morgan fingerprint density at radius 2 is 1.90 bits per heavy atom. The summed E-state index contributed by atoms with van der Waals surface area (Å²) in [5.74, 6) is 0.794. The molecule has 5 nitrogen and oxygen atoms in total. The lowest BCUT2D eigenvalue weighted by Gasteiger charge is -2.04. The van der Waals surface area contributed by atoms with Gasteiger partial charge >= 0.3 is 0 Å². The number of fused-ring (bicyclic) bond motifs is 1. The highest BCUT2D eigenvalue weighted by Crippen LogP contribution is 2.26. The number of nitriles is 1. The van der Waals surface area contributed by atoms with E-state index in [1.807, 2.05) is 54.8 Å². The molecule has 4 aromatic rings. The van der Waals surface area contributed by atoms with E-state index in [1.165, 1.54) is 16.7 Å². The van der Waals surface area contributed by atoms with Crippen molar-refractivity contribution in [3.05, 3.63) is 77.1 Å². The Morgan fingerprint density at radius 1 is 1.10 bits per heavy atom. The second-order valence-corrected chi connectivity index (χ2v) is 7.10. The fraction of sp³-hybridized carbons (Fsp3) is 0.0870. The topological polar surface area (TPSA) is 70.3 Å². The van der Waals surface area contributed by atoms with Gasteiger partial charge in [0.1, 0.15) is 11.8 Å². The average Bonchev–Trinajstić information content (AvgIpc) is 3.25. The first-order chi connectivity index (χ1) is 14.3. The number of rotatable bonds is 6. The van der Waals surface area contributed by atoms with Crippen LogP contribution in [0, 0.1) is 11.3 Å². The van der Waals surface area contributed by atoms with Gasteiger partial charge in [-0.05, 0) is 48.0 Å². The summed E-state index contributed by atoms with van der Waals surface area (Å²) in [7, 11) is 0. The highest BCUT2D eigenvalue weighted by molar-refractivity contribution is 7.12. The molecule has 0 aliphatic heterocycles. The molecule has 1 heterocycles. The third-order valence-electron chi connectivity index (χ3n) is 4.32. The zero-order valence-corrected chi connectivity index (χ0v) is 16.6. The number of anilines is 1. The number of hydrogen-bond donors (Lipinski definition) is 1. The highest BCUT2D eigenvalue weighted by atomic mass is 32.1. The molecule has 0 aliphatic carbocycles. The Labute approximate surface area is 172 Å². The Balaban J connectivity index is 1.54. The molecule has 0 radical (unpaired) electrons. The third kappa shape index (κ3) is 4.26. The van der Waals surface area contributed by atoms with Crippen LogP contribution in [-0.2, 0) is 0 Å². The maximum absolute atomic E-state index is 9.52. The fourth-order valence-electron chi connectivity index (χ4n) is 2.90. The van der Waals surface area contributed by atoms with Gasteiger partial charge in [0.05, 0.1) is 18.0 Å². The maximum atomic E-state index is 9.52. The van der Waals surface area contributed by atoms with Crippen molar-refractivity contribution in [2.45, 2.75) is 6.92 Å². The van der Waals surface area contributed by atoms with Gasteiger partial charge in [-0.2, -0.15) is 10.4 Å². The quantitative estimate of drug-likeness (QED) is 0.334. The molecule has 0 amide bonds. The molecule has 0 spiro atoms. The molecule has 142 valence electrons. The van der Waals surface area contributed by atoms with Crippen LogP contribution in [0.2, 0.25) is 0 Å². The van der Waals surface area contributed by atoms with Crippen LogP contribution in [0.5, 0.6) is 5.75 Å². The van der Waals surface area contributed by atoms with Crippen LogP contribution in [0.15, 0.2) is 77.2 Å². The smallest absolute Gasteiger partial charge is 0.196 e. The molecule has 3 aromatic carbocycles. The van der Waals surface area contributed by atoms with Crippen LogP contribution < -0.4 is 10.2 Å². The Kier molecular flexibility index (Phi) is 5.50. The van der Waals surface area contributed by atoms with Gasteiger partial charge in [0, 0.05) is 10.9 Å². The van der Waals surface area contributed by atoms with Crippen LogP contribution in [0.25, 0.3) is 22.0 Å². The standard InChI is InChI=1S/C23H18N4OS/c1-2-28-20-11-9-19(10-12-20)26-27-21(14-24)23-25-22(15-29-23)18-8-7-16-5-3-4-6-17(16)13-18/h3-13,15,26H,2H2,1H3/b27-21-. The van der Waals surface area contributed by atoms with Crippen molar-refractivity contribution < 1.29 is 4.74 Å². The first-order valence-corrected chi connectivity index (χ1v) is 10.1. The highest BCUT2D eigenvalue weighted by Gasteiger charge is 2.11. The predicted molar refractivity (Wildman–Crippen MR) is 118 cm³/mol. The summed E-state index contributed by atoms with van der Waals surface area (Å²) >= 11 is 1.40. The van der Waals surface area contributed by atoms with Gasteiger partial charge in [-0.15, -0.1) is 11.3 Å². The van der Waals surface area contributed by atoms with E-state index >= 15 is 0 Å². The van der Waals surface area contributed by atoms with Crippen LogP contribution in [0.3, 0.4) is 0 Å². The lowest BCUT2D eigenvalue weighted by Crippen LogP contribution is -2.01. The monoisotopic (exact) mass is 398 g/mol. The molecule has 0 atom stereocenters. The van der Waals surface area contributed by atoms with Gasteiger partial charge in [0.15, 0.2) is 10.7 Å². The summed E-state index contributed by atoms with van der Waals surface area (Å²) in [6.45, 7) is 2.56. The van der Waals surface area contributed by atoms with E-state index in [1.54, 1.807) is 0 Å². The van der Waals surface area contributed by atoms with E-state index in [0.717, 1.165) is 28.1 Å². The van der Waals surface area contributed by atoms with Crippen molar-refractivity contribution in [1.82, 2.24) is 4.98 Å². The van der Waals surface area contributed by atoms with Gasteiger partial charge in [-0.3, -0.25) is 5.43 Å². The molecule has 0 saturated heterocycles. The van der Waals surface area contributed by atoms with E-state index in [4.69, 9.17) is 4.74 Å². The van der Waals surface area contributed by atoms with Gasteiger partial charge in [0.2, 0.25) is 0 Å². The number of hydrogen-bond acceptors (Lipinski definition) is 6. The number of ether oxygens (including phenoxy) is 1. The molecule has 0 bridgehead atoms. The largest absolute Gasteiger partial charge is 0.494 e. The minimum Gasteiger partial charge on any atom is -0.494 e. The summed E-state index contributed by atoms with van der Waals surface area (Å²) in [5.41, 5.74) is 5.78. The molecular formula is C23H18N4OS. The second kappa shape index (κ2) is 8.55. The number of nitrogens with zero attached hydrogens (tertiary/aromatic N) is 3. The van der Waals surface area contributed by atoms with Crippen LogP contribution >= 0.6 is 11.3 Å². The second-order valence-electron chi connectivity index (χ2n) is 6.24. The summed E-state index contributed by atoms with van der Waals surface area (Å²) in [5, 5.41) is 18.6. The van der Waals surface area contributed by atoms with Crippen molar-refractivity contribution in [3.8, 4) is 23.1 Å².